The molecule has 4 atom stereocenters. The molecule has 2 saturated heterocycles. The highest BCUT2D eigenvalue weighted by Gasteiger charge is 2.51. The Balaban J connectivity index is 1.50. The number of hydrogen-bond donors (Lipinski definition) is 2. The van der Waals surface area contributed by atoms with Gasteiger partial charge in [-0.1, -0.05) is 12.1 Å². The van der Waals surface area contributed by atoms with Crippen LogP contribution in [0, 0.1) is 11.7 Å². The van der Waals surface area contributed by atoms with Crippen molar-refractivity contribution in [2.75, 3.05) is 19.7 Å². The molecule has 0 aromatic heterocycles. The standard InChI is InChI=1S/C22H29FN4O4/c1-2-31-20(28)12-24-21(29)15-6-7-17-19(11-15)26(13-14-4-3-5-16(23)10-14)22(30)18-8-9-25-27(17)18/h3-5,10,15,17-19,25H,2,6-9,11-13H2,1H3,(H,24,29). The van der Waals surface area contributed by atoms with E-state index in [-0.39, 0.29) is 54.8 Å². The van der Waals surface area contributed by atoms with Crippen molar-refractivity contribution < 1.29 is 23.5 Å². The van der Waals surface area contributed by atoms with Crippen LogP contribution in [0.25, 0.3) is 0 Å². The summed E-state index contributed by atoms with van der Waals surface area (Å²) in [6.45, 7) is 2.89. The van der Waals surface area contributed by atoms with Gasteiger partial charge in [-0.05, 0) is 50.3 Å². The topological polar surface area (TPSA) is 91.0 Å². The highest BCUT2D eigenvalue weighted by atomic mass is 19.1. The van der Waals surface area contributed by atoms with Gasteiger partial charge in [0.05, 0.1) is 6.61 Å². The molecule has 2 amide bonds. The molecule has 8 nitrogen and oxygen atoms in total. The number of esters is 1. The minimum absolute atomic E-state index is 0.0168. The van der Waals surface area contributed by atoms with Crippen molar-refractivity contribution in [3.05, 3.63) is 35.6 Å². The Kier molecular flexibility index (Phi) is 6.52. The molecule has 9 heteroatoms. The maximum absolute atomic E-state index is 13.7. The van der Waals surface area contributed by atoms with E-state index in [4.69, 9.17) is 4.74 Å². The summed E-state index contributed by atoms with van der Waals surface area (Å²) >= 11 is 0. The van der Waals surface area contributed by atoms with Crippen LogP contribution in [-0.4, -0.2) is 65.5 Å². The highest BCUT2D eigenvalue weighted by Crippen LogP contribution is 2.38. The summed E-state index contributed by atoms with van der Waals surface area (Å²) < 4.78 is 18.6. The maximum Gasteiger partial charge on any atom is 0.325 e. The number of ether oxygens (including phenoxy) is 1. The zero-order chi connectivity index (χ0) is 22.0. The molecule has 4 rings (SSSR count). The number of amides is 2. The molecule has 2 heterocycles. The predicted octanol–water partition coefficient (Wildman–Crippen LogP) is 0.963. The van der Waals surface area contributed by atoms with Gasteiger partial charge in [0.15, 0.2) is 0 Å². The van der Waals surface area contributed by atoms with Gasteiger partial charge in [0.2, 0.25) is 11.8 Å². The van der Waals surface area contributed by atoms with E-state index in [0.717, 1.165) is 24.9 Å². The third-order valence-corrected chi connectivity index (χ3v) is 6.48. The van der Waals surface area contributed by atoms with Crippen molar-refractivity contribution in [1.29, 1.82) is 0 Å². The van der Waals surface area contributed by atoms with Gasteiger partial charge in [-0.15, -0.1) is 0 Å². The Morgan fingerprint density at radius 1 is 1.26 bits per heavy atom. The number of hydrazine groups is 1. The zero-order valence-corrected chi connectivity index (χ0v) is 17.7. The Bertz CT molecular complexity index is 851. The number of piperazine rings is 1. The third kappa shape index (κ3) is 4.57. The van der Waals surface area contributed by atoms with E-state index < -0.39 is 5.97 Å². The van der Waals surface area contributed by atoms with Crippen LogP contribution in [0.4, 0.5) is 4.39 Å². The molecule has 4 unspecified atom stereocenters. The fraction of sp³-hybridized carbons (Fsp3) is 0.591. The SMILES string of the molecule is CCOC(=O)CNC(=O)C1CCC2C(C1)N(Cc1cccc(F)c1)C(=O)C1CCNN12. The van der Waals surface area contributed by atoms with E-state index in [1.54, 1.807) is 13.0 Å². The third-order valence-electron chi connectivity index (χ3n) is 6.48. The van der Waals surface area contributed by atoms with Gasteiger partial charge in [-0.2, -0.15) is 0 Å². The maximum atomic E-state index is 13.7. The number of halogens is 1. The van der Waals surface area contributed by atoms with Crippen LogP contribution in [0.3, 0.4) is 0 Å². The van der Waals surface area contributed by atoms with Crippen LogP contribution in [0.15, 0.2) is 24.3 Å². The van der Waals surface area contributed by atoms with Crippen molar-refractivity contribution in [1.82, 2.24) is 20.7 Å². The van der Waals surface area contributed by atoms with E-state index in [1.807, 2.05) is 11.0 Å². The van der Waals surface area contributed by atoms with Gasteiger partial charge in [0.1, 0.15) is 18.4 Å². The summed E-state index contributed by atoms with van der Waals surface area (Å²) in [6, 6.07) is 6.02. The molecule has 168 valence electrons. The lowest BCUT2D eigenvalue weighted by atomic mass is 9.78. The summed E-state index contributed by atoms with van der Waals surface area (Å²) in [5.74, 6) is -1.27. The smallest absolute Gasteiger partial charge is 0.325 e. The molecular formula is C22H29FN4O4. The van der Waals surface area contributed by atoms with Crippen molar-refractivity contribution in [3.8, 4) is 0 Å². The first kappa shape index (κ1) is 21.7. The summed E-state index contributed by atoms with van der Waals surface area (Å²) in [4.78, 5) is 39.4. The lowest BCUT2D eigenvalue weighted by Gasteiger charge is -2.51. The summed E-state index contributed by atoms with van der Waals surface area (Å²) in [5.41, 5.74) is 4.08. The molecule has 3 fully saturated rings. The monoisotopic (exact) mass is 432 g/mol. The van der Waals surface area contributed by atoms with Crippen LogP contribution < -0.4 is 10.7 Å². The number of carbonyl (C=O) groups excluding carboxylic acids is 3. The first-order valence-corrected chi connectivity index (χ1v) is 11.0. The lowest BCUT2D eigenvalue weighted by molar-refractivity contribution is -0.157. The second-order valence-corrected chi connectivity index (χ2v) is 8.38. The average Bonchev–Trinajstić information content (AvgIpc) is 3.25. The first-order valence-electron chi connectivity index (χ1n) is 11.0. The fourth-order valence-electron chi connectivity index (χ4n) is 5.10. The van der Waals surface area contributed by atoms with E-state index >= 15 is 0 Å². The number of rotatable bonds is 6. The molecule has 1 aromatic carbocycles. The van der Waals surface area contributed by atoms with Crippen molar-refractivity contribution in [2.45, 2.75) is 57.3 Å². The largest absolute Gasteiger partial charge is 0.465 e. The molecule has 1 aromatic rings. The minimum Gasteiger partial charge on any atom is -0.465 e. The number of fused-ring (bicyclic) bond motifs is 3. The van der Waals surface area contributed by atoms with Crippen LogP contribution >= 0.6 is 0 Å². The molecule has 31 heavy (non-hydrogen) atoms. The Morgan fingerprint density at radius 2 is 2.10 bits per heavy atom. The van der Waals surface area contributed by atoms with E-state index in [9.17, 15) is 18.8 Å². The van der Waals surface area contributed by atoms with Crippen LogP contribution in [0.5, 0.6) is 0 Å². The molecule has 2 aliphatic heterocycles. The second-order valence-electron chi connectivity index (χ2n) is 8.38. The zero-order valence-electron chi connectivity index (χ0n) is 17.7. The lowest BCUT2D eigenvalue weighted by Crippen LogP contribution is -2.68. The quantitative estimate of drug-likeness (QED) is 0.651. The van der Waals surface area contributed by atoms with E-state index in [2.05, 4.69) is 15.8 Å². The molecule has 0 bridgehead atoms. The number of carbonyl (C=O) groups is 3. The molecule has 1 saturated carbocycles. The summed E-state index contributed by atoms with van der Waals surface area (Å²) in [6.07, 6.45) is 2.69. The minimum atomic E-state index is -0.464. The number of benzene rings is 1. The van der Waals surface area contributed by atoms with Crippen LogP contribution in [0.2, 0.25) is 0 Å². The second kappa shape index (κ2) is 9.32. The molecular weight excluding hydrogens is 403 g/mol. The first-order chi connectivity index (χ1) is 15.0. The molecule has 0 radical (unpaired) electrons. The van der Waals surface area contributed by atoms with Gasteiger partial charge in [0.25, 0.3) is 0 Å². The summed E-state index contributed by atoms with van der Waals surface area (Å²) in [5, 5.41) is 4.74. The molecule has 2 N–H and O–H groups in total. The van der Waals surface area contributed by atoms with Gasteiger partial charge < -0.3 is 15.0 Å². The number of nitrogens with zero attached hydrogens (tertiary/aromatic N) is 2. The summed E-state index contributed by atoms with van der Waals surface area (Å²) in [7, 11) is 0. The Morgan fingerprint density at radius 3 is 2.87 bits per heavy atom. The van der Waals surface area contributed by atoms with Crippen LogP contribution in [0.1, 0.15) is 38.2 Å². The van der Waals surface area contributed by atoms with Gasteiger partial charge in [0, 0.05) is 31.1 Å². The predicted molar refractivity (Wildman–Crippen MR) is 110 cm³/mol. The molecule has 0 spiro atoms. The number of nitrogens with one attached hydrogen (secondary N) is 2. The Hall–Kier alpha value is -2.52. The van der Waals surface area contributed by atoms with Crippen molar-refractivity contribution in [2.24, 2.45) is 5.92 Å². The normalized spacial score (nSPS) is 28.1. The fourth-order valence-corrected chi connectivity index (χ4v) is 5.10. The van der Waals surface area contributed by atoms with Gasteiger partial charge in [-0.3, -0.25) is 19.8 Å². The van der Waals surface area contributed by atoms with Gasteiger partial charge in [-0.25, -0.2) is 9.40 Å². The molecule has 3 aliphatic rings. The van der Waals surface area contributed by atoms with E-state index in [1.165, 1.54) is 12.1 Å². The Labute approximate surface area is 181 Å². The molecule has 1 aliphatic carbocycles. The average molecular weight is 432 g/mol. The van der Waals surface area contributed by atoms with E-state index in [0.29, 0.717) is 19.4 Å². The van der Waals surface area contributed by atoms with Crippen LogP contribution in [-0.2, 0) is 25.7 Å². The number of hydrogen-bond acceptors (Lipinski definition) is 6. The van der Waals surface area contributed by atoms with Crippen molar-refractivity contribution >= 4 is 17.8 Å². The van der Waals surface area contributed by atoms with Crippen molar-refractivity contribution in [3.63, 3.8) is 0 Å². The highest BCUT2D eigenvalue weighted by molar-refractivity contribution is 5.85. The van der Waals surface area contributed by atoms with Gasteiger partial charge >= 0.3 is 5.97 Å².